The highest BCUT2D eigenvalue weighted by atomic mass is 14.6. The third-order valence-electron chi connectivity index (χ3n) is 7.45. The molecule has 1 unspecified atom stereocenters. The molecule has 4 aliphatic rings. The lowest BCUT2D eigenvalue weighted by Gasteiger charge is -2.58. The molecule has 6 atom stereocenters. The molecule has 0 saturated heterocycles. The van der Waals surface area contributed by atoms with Gasteiger partial charge >= 0.3 is 0 Å². The van der Waals surface area contributed by atoms with Gasteiger partial charge in [0.1, 0.15) is 0 Å². The molecule has 0 aromatic heterocycles. The van der Waals surface area contributed by atoms with Crippen LogP contribution >= 0.6 is 0 Å². The van der Waals surface area contributed by atoms with E-state index in [1.807, 2.05) is 0 Å². The molecule has 0 heteroatoms. The van der Waals surface area contributed by atoms with Crippen molar-refractivity contribution in [3.05, 3.63) is 24.3 Å². The maximum atomic E-state index is 2.63. The summed E-state index contributed by atoms with van der Waals surface area (Å²) in [6.07, 6.45) is 20.2. The van der Waals surface area contributed by atoms with Crippen LogP contribution < -0.4 is 0 Å². The highest BCUT2D eigenvalue weighted by molar-refractivity contribution is 5.19. The zero-order chi connectivity index (χ0) is 13.1. The second-order valence-electron chi connectivity index (χ2n) is 8.18. The number of fused-ring (bicyclic) bond motifs is 5. The van der Waals surface area contributed by atoms with Crippen LogP contribution in [0.25, 0.3) is 0 Å². The van der Waals surface area contributed by atoms with Crippen LogP contribution in [0, 0.1) is 34.5 Å². The Labute approximate surface area is 118 Å². The van der Waals surface area contributed by atoms with Crippen molar-refractivity contribution in [1.29, 1.82) is 0 Å². The van der Waals surface area contributed by atoms with Crippen molar-refractivity contribution >= 4 is 0 Å². The molecule has 0 aliphatic heterocycles. The second kappa shape index (κ2) is 3.99. The van der Waals surface area contributed by atoms with E-state index < -0.39 is 0 Å². The van der Waals surface area contributed by atoms with Crippen LogP contribution in [0.3, 0.4) is 0 Å². The lowest BCUT2D eigenvalue weighted by molar-refractivity contribution is -0.0597. The molecule has 4 rings (SSSR count). The minimum Gasteiger partial charge on any atom is -0.0880 e. The predicted molar refractivity (Wildman–Crippen MR) is 80.8 cm³/mol. The summed E-state index contributed by atoms with van der Waals surface area (Å²) in [5.41, 5.74) is 1.08. The van der Waals surface area contributed by atoms with E-state index in [-0.39, 0.29) is 0 Å². The van der Waals surface area contributed by atoms with E-state index in [1.54, 1.807) is 0 Å². The summed E-state index contributed by atoms with van der Waals surface area (Å²) in [4.78, 5) is 0. The Bertz CT molecular complexity index is 431. The van der Waals surface area contributed by atoms with E-state index in [4.69, 9.17) is 0 Å². The van der Waals surface area contributed by atoms with Gasteiger partial charge in [0, 0.05) is 0 Å². The lowest BCUT2D eigenvalue weighted by Crippen LogP contribution is -2.50. The first-order valence-corrected chi connectivity index (χ1v) is 8.49. The Morgan fingerprint density at radius 3 is 2.68 bits per heavy atom. The van der Waals surface area contributed by atoms with Gasteiger partial charge in [0.15, 0.2) is 0 Å². The van der Waals surface area contributed by atoms with Gasteiger partial charge < -0.3 is 0 Å². The highest BCUT2D eigenvalue weighted by Crippen LogP contribution is 2.63. The van der Waals surface area contributed by atoms with E-state index in [2.05, 4.69) is 38.2 Å². The fourth-order valence-corrected chi connectivity index (χ4v) is 6.30. The Kier molecular flexibility index (Phi) is 2.57. The molecule has 2 fully saturated rings. The topological polar surface area (TPSA) is 0 Å². The quantitative estimate of drug-likeness (QED) is 0.512. The van der Waals surface area contributed by atoms with Gasteiger partial charge in [0.05, 0.1) is 0 Å². The average Bonchev–Trinajstić information content (AvgIpc) is 2.79. The summed E-state index contributed by atoms with van der Waals surface area (Å²) < 4.78 is 0. The smallest absolute Gasteiger partial charge is 0.00872 e. The standard InChI is InChI=1S/C19H28/c1-18-11-5-7-16(18)15-9-8-14-6-3-4-12-19(14,2)17(15)10-13-18/h4-5,11-12,14-17H,3,6-10,13H2,1-2H3/t14?,15-,16-,17-,18-,19-/m0/s1. The van der Waals surface area contributed by atoms with E-state index in [9.17, 15) is 0 Å². The van der Waals surface area contributed by atoms with Crippen molar-refractivity contribution in [2.45, 2.75) is 58.8 Å². The SMILES string of the molecule is C[C@@]12C=CC[C@H]1[C@@H]1CCC3CCC=C[C@]3(C)[C@H]1CC2. The van der Waals surface area contributed by atoms with Crippen molar-refractivity contribution in [2.75, 3.05) is 0 Å². The Balaban J connectivity index is 1.69. The normalized spacial score (nSPS) is 55.5. The number of hydrogen-bond donors (Lipinski definition) is 0. The second-order valence-corrected chi connectivity index (χ2v) is 8.18. The Hall–Kier alpha value is -0.520. The number of rotatable bonds is 0. The first-order chi connectivity index (χ1) is 9.13. The van der Waals surface area contributed by atoms with Gasteiger partial charge in [0.2, 0.25) is 0 Å². The Morgan fingerprint density at radius 2 is 1.79 bits per heavy atom. The zero-order valence-corrected chi connectivity index (χ0v) is 12.6. The molecule has 0 amide bonds. The minimum atomic E-state index is 0.533. The van der Waals surface area contributed by atoms with Crippen LogP contribution in [0.4, 0.5) is 0 Å². The van der Waals surface area contributed by atoms with Crippen LogP contribution in [0.5, 0.6) is 0 Å². The molecule has 104 valence electrons. The lowest BCUT2D eigenvalue weighted by atomic mass is 9.46. The van der Waals surface area contributed by atoms with E-state index in [0.29, 0.717) is 10.8 Å². The Morgan fingerprint density at radius 1 is 0.895 bits per heavy atom. The molecule has 19 heavy (non-hydrogen) atoms. The predicted octanol–water partition coefficient (Wildman–Crippen LogP) is 5.36. The monoisotopic (exact) mass is 256 g/mol. The van der Waals surface area contributed by atoms with Crippen LogP contribution in [0.1, 0.15) is 58.8 Å². The summed E-state index contributed by atoms with van der Waals surface area (Å²) in [5.74, 6) is 3.91. The van der Waals surface area contributed by atoms with Gasteiger partial charge in [-0.05, 0) is 79.4 Å². The van der Waals surface area contributed by atoms with Crippen LogP contribution in [-0.4, -0.2) is 0 Å². The van der Waals surface area contributed by atoms with Gasteiger partial charge in [0.25, 0.3) is 0 Å². The molecular weight excluding hydrogens is 228 g/mol. The van der Waals surface area contributed by atoms with Crippen molar-refractivity contribution in [1.82, 2.24) is 0 Å². The van der Waals surface area contributed by atoms with Crippen molar-refractivity contribution in [3.63, 3.8) is 0 Å². The van der Waals surface area contributed by atoms with Crippen molar-refractivity contribution < 1.29 is 0 Å². The minimum absolute atomic E-state index is 0.533. The first kappa shape index (κ1) is 12.2. The maximum absolute atomic E-state index is 2.63. The molecule has 0 spiro atoms. The highest BCUT2D eigenvalue weighted by Gasteiger charge is 2.55. The summed E-state index contributed by atoms with van der Waals surface area (Å²) >= 11 is 0. The van der Waals surface area contributed by atoms with Crippen molar-refractivity contribution in [3.8, 4) is 0 Å². The molecule has 0 aromatic rings. The van der Waals surface area contributed by atoms with Crippen molar-refractivity contribution in [2.24, 2.45) is 34.5 Å². The molecule has 0 nitrogen and oxygen atoms in total. The molecule has 0 heterocycles. The number of allylic oxidation sites excluding steroid dienone is 4. The molecule has 2 saturated carbocycles. The molecule has 0 bridgehead atoms. The molecule has 0 radical (unpaired) electrons. The van der Waals surface area contributed by atoms with Crippen LogP contribution in [-0.2, 0) is 0 Å². The summed E-state index contributed by atoms with van der Waals surface area (Å²) in [7, 11) is 0. The first-order valence-electron chi connectivity index (χ1n) is 8.49. The summed E-state index contributed by atoms with van der Waals surface area (Å²) in [6.45, 7) is 5.12. The number of hydrogen-bond acceptors (Lipinski definition) is 0. The molecule has 4 aliphatic carbocycles. The zero-order valence-electron chi connectivity index (χ0n) is 12.6. The molecular formula is C19H28. The average molecular weight is 256 g/mol. The molecule has 0 aromatic carbocycles. The van der Waals surface area contributed by atoms with E-state index in [0.717, 1.165) is 23.7 Å². The molecule has 0 N–H and O–H groups in total. The fourth-order valence-electron chi connectivity index (χ4n) is 6.30. The van der Waals surface area contributed by atoms with Crippen LogP contribution in [0.15, 0.2) is 24.3 Å². The third kappa shape index (κ3) is 1.58. The fraction of sp³-hybridized carbons (Fsp3) is 0.789. The van der Waals surface area contributed by atoms with Gasteiger partial charge in [-0.3, -0.25) is 0 Å². The van der Waals surface area contributed by atoms with Gasteiger partial charge in [-0.1, -0.05) is 38.2 Å². The maximum Gasteiger partial charge on any atom is -0.00872 e. The van der Waals surface area contributed by atoms with Gasteiger partial charge in [-0.15, -0.1) is 0 Å². The van der Waals surface area contributed by atoms with E-state index in [1.165, 1.54) is 44.9 Å². The van der Waals surface area contributed by atoms with Gasteiger partial charge in [-0.2, -0.15) is 0 Å². The van der Waals surface area contributed by atoms with E-state index >= 15 is 0 Å². The van der Waals surface area contributed by atoms with Crippen LogP contribution in [0.2, 0.25) is 0 Å². The van der Waals surface area contributed by atoms with Gasteiger partial charge in [-0.25, -0.2) is 0 Å². The summed E-state index contributed by atoms with van der Waals surface area (Å²) in [6, 6.07) is 0. The third-order valence-corrected chi connectivity index (χ3v) is 7.45. The largest absolute Gasteiger partial charge is 0.0880 e. The summed E-state index contributed by atoms with van der Waals surface area (Å²) in [5, 5.41) is 0.